The third-order valence-corrected chi connectivity index (χ3v) is 6.86. The zero-order chi connectivity index (χ0) is 25.5. The maximum absolute atomic E-state index is 13.7. The van der Waals surface area contributed by atoms with Crippen molar-refractivity contribution in [2.24, 2.45) is 5.10 Å². The Morgan fingerprint density at radius 1 is 1.03 bits per heavy atom. The molecule has 188 valence electrons. The molecule has 9 heteroatoms. The molecule has 0 saturated heterocycles. The van der Waals surface area contributed by atoms with Gasteiger partial charge >= 0.3 is 0 Å². The summed E-state index contributed by atoms with van der Waals surface area (Å²) in [6.45, 7) is 0.493. The normalized spacial score (nSPS) is 14.9. The van der Waals surface area contributed by atoms with Crippen LogP contribution in [0.5, 0.6) is 11.5 Å². The van der Waals surface area contributed by atoms with Crippen LogP contribution < -0.4 is 9.47 Å². The number of para-hydroxylation sites is 1. The Balaban J connectivity index is 1.65. The standard InChI is InChI=1S/C27H29N3O5S/c1-33-15-14-29(27(32)25-9-6-16-36-25)18-26(31)30-23(21-7-4-5-8-24(21)35-3)17-22(28-30)19-10-12-20(34-2)13-11-19/h4-13,16,23H,14-15,17-18H2,1-3H3/t23-/m0/s1. The van der Waals surface area contributed by atoms with Crippen LogP contribution >= 0.6 is 11.3 Å². The van der Waals surface area contributed by atoms with Crippen molar-refractivity contribution in [2.75, 3.05) is 41.0 Å². The molecule has 0 N–H and O–H groups in total. The first-order valence-electron chi connectivity index (χ1n) is 11.5. The van der Waals surface area contributed by atoms with Gasteiger partial charge in [-0.05, 0) is 47.3 Å². The van der Waals surface area contributed by atoms with Crippen LogP contribution in [0.2, 0.25) is 0 Å². The first kappa shape index (κ1) is 25.4. The van der Waals surface area contributed by atoms with Crippen molar-refractivity contribution >= 4 is 28.9 Å². The van der Waals surface area contributed by atoms with Crippen molar-refractivity contribution in [3.63, 3.8) is 0 Å². The fourth-order valence-corrected chi connectivity index (χ4v) is 4.82. The molecule has 3 aromatic rings. The predicted molar refractivity (Wildman–Crippen MR) is 139 cm³/mol. The molecule has 0 radical (unpaired) electrons. The van der Waals surface area contributed by atoms with Crippen molar-refractivity contribution in [3.8, 4) is 11.5 Å². The average Bonchev–Trinajstić information content (AvgIpc) is 3.61. The molecule has 8 nitrogen and oxygen atoms in total. The number of carbonyl (C=O) groups is 2. The molecular formula is C27H29N3O5S. The molecule has 1 aliphatic rings. The molecule has 1 aromatic heterocycles. The van der Waals surface area contributed by atoms with Crippen LogP contribution in [-0.4, -0.2) is 68.5 Å². The maximum atomic E-state index is 13.7. The number of methoxy groups -OCH3 is 3. The van der Waals surface area contributed by atoms with E-state index >= 15 is 0 Å². The number of nitrogens with zero attached hydrogens (tertiary/aromatic N) is 3. The minimum atomic E-state index is -0.369. The number of carbonyl (C=O) groups excluding carboxylic acids is 2. The van der Waals surface area contributed by atoms with Gasteiger partial charge in [-0.15, -0.1) is 11.3 Å². The van der Waals surface area contributed by atoms with Gasteiger partial charge in [0.05, 0.1) is 37.5 Å². The van der Waals surface area contributed by atoms with Crippen LogP contribution in [0.4, 0.5) is 0 Å². The van der Waals surface area contributed by atoms with Gasteiger partial charge in [-0.25, -0.2) is 5.01 Å². The largest absolute Gasteiger partial charge is 0.497 e. The average molecular weight is 508 g/mol. The summed E-state index contributed by atoms with van der Waals surface area (Å²) in [5, 5.41) is 8.07. The van der Waals surface area contributed by atoms with Gasteiger partial charge in [-0.1, -0.05) is 24.3 Å². The van der Waals surface area contributed by atoms with Crippen LogP contribution in [-0.2, 0) is 9.53 Å². The zero-order valence-electron chi connectivity index (χ0n) is 20.5. The lowest BCUT2D eigenvalue weighted by atomic mass is 9.97. The van der Waals surface area contributed by atoms with Crippen LogP contribution in [0.1, 0.15) is 33.3 Å². The molecule has 36 heavy (non-hydrogen) atoms. The third kappa shape index (κ3) is 5.58. The summed E-state index contributed by atoms with van der Waals surface area (Å²) in [5.74, 6) is 0.933. The van der Waals surface area contributed by atoms with Crippen LogP contribution in [0.3, 0.4) is 0 Å². The zero-order valence-corrected chi connectivity index (χ0v) is 21.4. The molecular weight excluding hydrogens is 478 g/mol. The van der Waals surface area contributed by atoms with Gasteiger partial charge in [-0.3, -0.25) is 9.59 Å². The van der Waals surface area contributed by atoms with Crippen molar-refractivity contribution in [2.45, 2.75) is 12.5 Å². The molecule has 2 aromatic carbocycles. The number of benzene rings is 2. The number of hydrogen-bond donors (Lipinski definition) is 0. The highest BCUT2D eigenvalue weighted by Gasteiger charge is 2.36. The van der Waals surface area contributed by atoms with Gasteiger partial charge in [0, 0.05) is 25.6 Å². The van der Waals surface area contributed by atoms with Crippen LogP contribution in [0.25, 0.3) is 0 Å². The second-order valence-corrected chi connectivity index (χ2v) is 9.12. The third-order valence-electron chi connectivity index (χ3n) is 6.00. The number of thiophene rings is 1. The monoisotopic (exact) mass is 507 g/mol. The molecule has 4 rings (SSSR count). The van der Waals surface area contributed by atoms with Crippen LogP contribution in [0.15, 0.2) is 71.1 Å². The Kier molecular flexibility index (Phi) is 8.35. The highest BCUT2D eigenvalue weighted by molar-refractivity contribution is 7.12. The lowest BCUT2D eigenvalue weighted by molar-refractivity contribution is -0.133. The summed E-state index contributed by atoms with van der Waals surface area (Å²) in [7, 11) is 4.80. The van der Waals surface area contributed by atoms with Gasteiger partial charge in [0.15, 0.2) is 0 Å². The molecule has 0 bridgehead atoms. The first-order valence-corrected chi connectivity index (χ1v) is 12.4. The van der Waals surface area contributed by atoms with E-state index in [-0.39, 0.29) is 24.4 Å². The van der Waals surface area contributed by atoms with Crippen molar-refractivity contribution in [1.82, 2.24) is 9.91 Å². The lowest BCUT2D eigenvalue weighted by Crippen LogP contribution is -2.42. The Morgan fingerprint density at radius 3 is 2.47 bits per heavy atom. The van der Waals surface area contributed by atoms with Gasteiger partial charge in [0.1, 0.15) is 18.0 Å². The smallest absolute Gasteiger partial charge is 0.264 e. The topological polar surface area (TPSA) is 80.7 Å². The summed E-state index contributed by atoms with van der Waals surface area (Å²) >= 11 is 1.34. The van der Waals surface area contributed by atoms with Gasteiger partial charge in [0.2, 0.25) is 0 Å². The number of ether oxygens (including phenoxy) is 3. The number of hydrogen-bond acceptors (Lipinski definition) is 7. The van der Waals surface area contributed by atoms with E-state index in [1.165, 1.54) is 21.2 Å². The molecule has 2 heterocycles. The lowest BCUT2D eigenvalue weighted by Gasteiger charge is -2.27. The van der Waals surface area contributed by atoms with Crippen molar-refractivity contribution < 1.29 is 23.8 Å². The maximum Gasteiger partial charge on any atom is 0.264 e. The van der Waals surface area contributed by atoms with E-state index in [9.17, 15) is 9.59 Å². The highest BCUT2D eigenvalue weighted by Crippen LogP contribution is 2.37. The Bertz CT molecular complexity index is 1210. The summed E-state index contributed by atoms with van der Waals surface area (Å²) in [4.78, 5) is 28.9. The number of rotatable bonds is 10. The van der Waals surface area contributed by atoms with Gasteiger partial charge in [-0.2, -0.15) is 5.10 Å². The fourth-order valence-electron chi connectivity index (χ4n) is 4.13. The molecule has 1 atom stereocenters. The van der Waals surface area contributed by atoms with E-state index in [1.54, 1.807) is 27.4 Å². The molecule has 1 aliphatic heterocycles. The summed E-state index contributed by atoms with van der Waals surface area (Å²) in [6, 6.07) is 18.4. The number of hydrazone groups is 1. The van der Waals surface area contributed by atoms with Crippen molar-refractivity contribution in [3.05, 3.63) is 82.0 Å². The fraction of sp³-hybridized carbons (Fsp3) is 0.296. The Labute approximate surface area is 214 Å². The van der Waals surface area contributed by atoms with E-state index in [4.69, 9.17) is 19.3 Å². The Hall–Kier alpha value is -3.69. The highest BCUT2D eigenvalue weighted by atomic mass is 32.1. The van der Waals surface area contributed by atoms with Crippen molar-refractivity contribution in [1.29, 1.82) is 0 Å². The number of amides is 2. The molecule has 2 amide bonds. The molecule has 0 unspecified atom stereocenters. The molecule has 0 spiro atoms. The molecule has 0 fully saturated rings. The van der Waals surface area contributed by atoms with Crippen LogP contribution in [0, 0.1) is 0 Å². The minimum Gasteiger partial charge on any atom is -0.497 e. The van der Waals surface area contributed by atoms with E-state index in [2.05, 4.69) is 0 Å². The second-order valence-electron chi connectivity index (χ2n) is 8.17. The molecule has 0 saturated carbocycles. The molecule has 0 aliphatic carbocycles. The first-order chi connectivity index (χ1) is 17.5. The SMILES string of the molecule is COCCN(CC(=O)N1N=C(c2ccc(OC)cc2)C[C@H]1c1ccccc1OC)C(=O)c1cccs1. The Morgan fingerprint density at radius 2 is 1.81 bits per heavy atom. The van der Waals surface area contributed by atoms with Gasteiger partial charge in [0.25, 0.3) is 11.8 Å². The van der Waals surface area contributed by atoms with Gasteiger partial charge < -0.3 is 19.1 Å². The predicted octanol–water partition coefficient (Wildman–Crippen LogP) is 4.23. The van der Waals surface area contributed by atoms with E-state index in [0.717, 1.165) is 22.6 Å². The summed E-state index contributed by atoms with van der Waals surface area (Å²) in [5.41, 5.74) is 2.53. The van der Waals surface area contributed by atoms with E-state index < -0.39 is 0 Å². The quantitative estimate of drug-likeness (QED) is 0.410. The summed E-state index contributed by atoms with van der Waals surface area (Å²) in [6.07, 6.45) is 0.509. The second kappa shape index (κ2) is 11.8. The van der Waals surface area contributed by atoms with E-state index in [1.807, 2.05) is 60.0 Å². The summed E-state index contributed by atoms with van der Waals surface area (Å²) < 4.78 is 16.1. The minimum absolute atomic E-state index is 0.120. The van der Waals surface area contributed by atoms with E-state index in [0.29, 0.717) is 30.2 Å².